The van der Waals surface area contributed by atoms with Gasteiger partial charge in [-0.1, -0.05) is 18.2 Å². The van der Waals surface area contributed by atoms with Crippen LogP contribution in [0.4, 0.5) is 19.0 Å². The zero-order chi connectivity index (χ0) is 19.8. The van der Waals surface area contributed by atoms with Crippen LogP contribution in [0.5, 0.6) is 0 Å². The smallest absolute Gasteiger partial charge is 0.306 e. The number of nitrogens with zero attached hydrogens (tertiary/aromatic N) is 2. The second kappa shape index (κ2) is 7.34. The molecule has 0 radical (unpaired) electrons. The van der Waals surface area contributed by atoms with Crippen molar-refractivity contribution in [2.75, 3.05) is 5.32 Å². The normalized spacial score (nSPS) is 11.5. The summed E-state index contributed by atoms with van der Waals surface area (Å²) in [4.78, 5) is 12.7. The summed E-state index contributed by atoms with van der Waals surface area (Å²) >= 11 is 2.09. The monoisotopic (exact) mass is 485 g/mol. The van der Waals surface area contributed by atoms with E-state index in [9.17, 15) is 18.0 Å². The van der Waals surface area contributed by atoms with Gasteiger partial charge in [0, 0.05) is 9.64 Å². The Bertz CT molecular complexity index is 1010. The molecule has 1 N–H and O–H groups in total. The Hall–Kier alpha value is -2.36. The number of hydrogen-bond donors (Lipinski definition) is 1. The van der Waals surface area contributed by atoms with Gasteiger partial charge in [-0.15, -0.1) is 0 Å². The van der Waals surface area contributed by atoms with Crippen LogP contribution in [0.15, 0.2) is 48.5 Å². The van der Waals surface area contributed by atoms with Gasteiger partial charge in [0.1, 0.15) is 5.82 Å². The van der Waals surface area contributed by atoms with Crippen LogP contribution in [0, 0.1) is 17.4 Å². The van der Waals surface area contributed by atoms with Crippen LogP contribution in [0.2, 0.25) is 0 Å². The third kappa shape index (κ3) is 4.15. The molecule has 3 aromatic rings. The molecule has 0 spiro atoms. The molecule has 4 nitrogen and oxygen atoms in total. The third-order valence-corrected chi connectivity index (χ3v) is 5.36. The topological polar surface area (TPSA) is 46.9 Å². The molecule has 0 saturated carbocycles. The summed E-state index contributed by atoms with van der Waals surface area (Å²) < 4.78 is 41.1. The lowest BCUT2D eigenvalue weighted by Gasteiger charge is -2.12. The minimum Gasteiger partial charge on any atom is -0.306 e. The van der Waals surface area contributed by atoms with Crippen LogP contribution < -0.4 is 5.32 Å². The van der Waals surface area contributed by atoms with Crippen LogP contribution in [-0.2, 0) is 6.18 Å². The van der Waals surface area contributed by atoms with Crippen LogP contribution in [0.1, 0.15) is 27.2 Å². The number of aromatic nitrogens is 2. The van der Waals surface area contributed by atoms with Crippen molar-refractivity contribution in [2.24, 2.45) is 0 Å². The first kappa shape index (κ1) is 19.4. The standard InChI is InChI=1S/C19H15F3IN3O/c1-11-5-3-8-15(17(11)23)18(27)24-16-9-12(2)25-26(16)14-7-4-6-13(10-14)19(20,21)22/h3-10H,1-2H3,(H,24,27). The number of carbonyl (C=O) groups excluding carboxylic acids is 1. The molecular formula is C19H15F3IN3O. The number of rotatable bonds is 3. The van der Waals surface area contributed by atoms with Gasteiger partial charge < -0.3 is 5.32 Å². The van der Waals surface area contributed by atoms with Gasteiger partial charge in [-0.25, -0.2) is 4.68 Å². The molecule has 0 bridgehead atoms. The molecular weight excluding hydrogens is 470 g/mol. The Kier molecular flexibility index (Phi) is 5.27. The van der Waals surface area contributed by atoms with Gasteiger partial charge in [0.05, 0.1) is 22.5 Å². The molecule has 27 heavy (non-hydrogen) atoms. The lowest BCUT2D eigenvalue weighted by atomic mass is 10.1. The average molecular weight is 485 g/mol. The van der Waals surface area contributed by atoms with Crippen molar-refractivity contribution in [3.8, 4) is 5.69 Å². The van der Waals surface area contributed by atoms with Crippen molar-refractivity contribution >= 4 is 34.3 Å². The quantitative estimate of drug-likeness (QED) is 0.508. The SMILES string of the molecule is Cc1cc(NC(=O)c2cccc(C)c2I)n(-c2cccc(C(F)(F)F)c2)n1. The summed E-state index contributed by atoms with van der Waals surface area (Å²) in [6, 6.07) is 11.8. The van der Waals surface area contributed by atoms with E-state index in [0.29, 0.717) is 17.1 Å². The van der Waals surface area contributed by atoms with Gasteiger partial charge in [0.25, 0.3) is 5.91 Å². The van der Waals surface area contributed by atoms with Crippen LogP contribution in [0.25, 0.3) is 5.69 Å². The molecule has 0 atom stereocenters. The maximum atomic E-state index is 13.0. The van der Waals surface area contributed by atoms with E-state index in [1.54, 1.807) is 25.1 Å². The van der Waals surface area contributed by atoms with Crippen molar-refractivity contribution in [1.29, 1.82) is 0 Å². The van der Waals surface area contributed by atoms with Crippen LogP contribution in [0.3, 0.4) is 0 Å². The van der Waals surface area contributed by atoms with E-state index < -0.39 is 11.7 Å². The highest BCUT2D eigenvalue weighted by atomic mass is 127. The second-order valence-electron chi connectivity index (χ2n) is 6.02. The van der Waals surface area contributed by atoms with E-state index in [0.717, 1.165) is 21.3 Å². The summed E-state index contributed by atoms with van der Waals surface area (Å²) in [7, 11) is 0. The molecule has 2 aromatic carbocycles. The van der Waals surface area contributed by atoms with Crippen molar-refractivity contribution in [2.45, 2.75) is 20.0 Å². The first-order chi connectivity index (χ1) is 12.7. The second-order valence-corrected chi connectivity index (χ2v) is 7.10. The average Bonchev–Trinajstić information content (AvgIpc) is 2.97. The number of carbonyl (C=O) groups is 1. The zero-order valence-corrected chi connectivity index (χ0v) is 16.6. The molecule has 0 saturated heterocycles. The van der Waals surface area contributed by atoms with Gasteiger partial charge in [-0.05, 0) is 66.3 Å². The molecule has 0 unspecified atom stereocenters. The molecule has 1 amide bonds. The fraction of sp³-hybridized carbons (Fsp3) is 0.158. The number of benzene rings is 2. The maximum absolute atomic E-state index is 13.0. The lowest BCUT2D eigenvalue weighted by Crippen LogP contribution is -2.17. The van der Waals surface area contributed by atoms with E-state index in [4.69, 9.17) is 0 Å². The minimum atomic E-state index is -4.46. The summed E-state index contributed by atoms with van der Waals surface area (Å²) in [5, 5.41) is 6.97. The number of nitrogens with one attached hydrogen (secondary N) is 1. The highest BCUT2D eigenvalue weighted by molar-refractivity contribution is 14.1. The van der Waals surface area contributed by atoms with Gasteiger partial charge >= 0.3 is 6.18 Å². The summed E-state index contributed by atoms with van der Waals surface area (Å²) in [5.74, 6) is -0.0506. The van der Waals surface area contributed by atoms with Crippen molar-refractivity contribution < 1.29 is 18.0 Å². The van der Waals surface area contributed by atoms with Crippen LogP contribution >= 0.6 is 22.6 Å². The Morgan fingerprint density at radius 1 is 1.11 bits per heavy atom. The van der Waals surface area contributed by atoms with Gasteiger partial charge in [0.15, 0.2) is 0 Å². The fourth-order valence-corrected chi connectivity index (χ4v) is 3.21. The van der Waals surface area contributed by atoms with E-state index in [1.807, 2.05) is 13.0 Å². The predicted octanol–water partition coefficient (Wildman–Crippen LogP) is 5.36. The first-order valence-electron chi connectivity index (χ1n) is 7.97. The van der Waals surface area contributed by atoms with Gasteiger partial charge in [0.2, 0.25) is 0 Å². The number of aryl methyl sites for hydroxylation is 2. The molecule has 0 aliphatic carbocycles. The predicted molar refractivity (Wildman–Crippen MR) is 105 cm³/mol. The number of amides is 1. The van der Waals surface area contributed by atoms with Gasteiger partial charge in [-0.3, -0.25) is 4.79 Å². The first-order valence-corrected chi connectivity index (χ1v) is 9.05. The molecule has 0 aliphatic heterocycles. The molecule has 1 heterocycles. The molecule has 8 heteroatoms. The molecule has 0 fully saturated rings. The highest BCUT2D eigenvalue weighted by Gasteiger charge is 2.30. The fourth-order valence-electron chi connectivity index (χ4n) is 2.61. The van der Waals surface area contributed by atoms with E-state index in [1.165, 1.54) is 16.8 Å². The summed E-state index contributed by atoms with van der Waals surface area (Å²) in [5.41, 5.74) is 1.46. The van der Waals surface area contributed by atoms with Gasteiger partial charge in [-0.2, -0.15) is 18.3 Å². The van der Waals surface area contributed by atoms with Crippen molar-refractivity contribution in [1.82, 2.24) is 9.78 Å². The Balaban J connectivity index is 1.98. The number of halogens is 4. The number of anilines is 1. The summed E-state index contributed by atoms with van der Waals surface area (Å²) in [6.07, 6.45) is -4.46. The Morgan fingerprint density at radius 3 is 2.52 bits per heavy atom. The highest BCUT2D eigenvalue weighted by Crippen LogP contribution is 2.31. The Morgan fingerprint density at radius 2 is 1.81 bits per heavy atom. The zero-order valence-electron chi connectivity index (χ0n) is 14.4. The Labute approximate surface area is 167 Å². The van der Waals surface area contributed by atoms with E-state index in [2.05, 4.69) is 33.0 Å². The van der Waals surface area contributed by atoms with E-state index >= 15 is 0 Å². The number of hydrogen-bond acceptors (Lipinski definition) is 2. The minimum absolute atomic E-state index is 0.215. The lowest BCUT2D eigenvalue weighted by molar-refractivity contribution is -0.137. The van der Waals surface area contributed by atoms with Crippen LogP contribution in [-0.4, -0.2) is 15.7 Å². The summed E-state index contributed by atoms with van der Waals surface area (Å²) in [6.45, 7) is 3.60. The van der Waals surface area contributed by atoms with Crippen molar-refractivity contribution in [3.63, 3.8) is 0 Å². The number of alkyl halides is 3. The molecule has 0 aliphatic rings. The molecule has 1 aromatic heterocycles. The van der Waals surface area contributed by atoms with Crippen molar-refractivity contribution in [3.05, 3.63) is 74.5 Å². The van der Waals surface area contributed by atoms with E-state index in [-0.39, 0.29) is 11.6 Å². The third-order valence-electron chi connectivity index (χ3n) is 3.93. The molecule has 3 rings (SSSR count). The maximum Gasteiger partial charge on any atom is 0.416 e. The largest absolute Gasteiger partial charge is 0.416 e. The molecule has 140 valence electrons.